The second-order valence-corrected chi connectivity index (χ2v) is 7.14. The van der Waals surface area contributed by atoms with Gasteiger partial charge in [-0.3, -0.25) is 4.79 Å². The number of hydrogen-bond donors (Lipinski definition) is 1. The van der Waals surface area contributed by atoms with Crippen molar-refractivity contribution in [1.29, 1.82) is 0 Å². The van der Waals surface area contributed by atoms with Crippen molar-refractivity contribution >= 4 is 34.8 Å². The molecular weight excluding hydrogens is 430 g/mol. The highest BCUT2D eigenvalue weighted by atomic mass is 35.5. The zero-order valence-electron chi connectivity index (χ0n) is 16.3. The van der Waals surface area contributed by atoms with Gasteiger partial charge in [0.1, 0.15) is 5.82 Å². The van der Waals surface area contributed by atoms with Crippen LogP contribution in [-0.4, -0.2) is 24.6 Å². The highest BCUT2D eigenvalue weighted by molar-refractivity contribution is 6.42. The second kappa shape index (κ2) is 9.78. The average molecular weight is 449 g/mol. The molecule has 0 aliphatic carbocycles. The number of benzene rings is 2. The monoisotopic (exact) mass is 448 g/mol. The largest absolute Gasteiger partial charge is 0.488 e. The highest BCUT2D eigenvalue weighted by Crippen LogP contribution is 2.31. The summed E-state index contributed by atoms with van der Waals surface area (Å²) in [5.41, 5.74) is 2.03. The van der Waals surface area contributed by atoms with Crippen LogP contribution >= 0.6 is 23.2 Å². The topological polar surface area (TPSA) is 60.5 Å². The van der Waals surface area contributed by atoms with Crippen LogP contribution in [0.5, 0.6) is 11.6 Å². The fourth-order valence-electron chi connectivity index (χ4n) is 2.82. The summed E-state index contributed by atoms with van der Waals surface area (Å²) in [5, 5.41) is 3.39. The van der Waals surface area contributed by atoms with Crippen molar-refractivity contribution in [1.82, 2.24) is 4.98 Å². The molecule has 0 radical (unpaired) electrons. The first-order valence-corrected chi connectivity index (χ1v) is 9.87. The fraction of sp³-hybridized carbons (Fsp3) is 0.182. The lowest BCUT2D eigenvalue weighted by molar-refractivity contribution is -0.115. The number of rotatable bonds is 7. The highest BCUT2D eigenvalue weighted by Gasteiger charge is 2.13. The Balaban J connectivity index is 1.75. The number of halogens is 3. The van der Waals surface area contributed by atoms with Gasteiger partial charge in [-0.1, -0.05) is 35.3 Å². The molecule has 0 unspecified atom stereocenters. The van der Waals surface area contributed by atoms with E-state index in [-0.39, 0.29) is 17.9 Å². The summed E-state index contributed by atoms with van der Waals surface area (Å²) in [6, 6.07) is 11.1. The molecule has 0 aliphatic rings. The number of carbonyl (C=O) groups excluding carboxylic acids is 1. The maximum Gasteiger partial charge on any atom is 0.256 e. The van der Waals surface area contributed by atoms with Gasteiger partial charge < -0.3 is 14.8 Å². The van der Waals surface area contributed by atoms with E-state index < -0.39 is 5.82 Å². The number of nitrogens with one attached hydrogen (secondary N) is 1. The molecular formula is C22H19Cl2FN2O3. The predicted molar refractivity (Wildman–Crippen MR) is 116 cm³/mol. The van der Waals surface area contributed by atoms with Gasteiger partial charge in [-0.15, -0.1) is 0 Å². The number of nitrogens with zero attached hydrogens (tertiary/aromatic N) is 1. The molecule has 0 fully saturated rings. The molecule has 0 saturated carbocycles. The third-order valence-electron chi connectivity index (χ3n) is 4.25. The second-order valence-electron chi connectivity index (χ2n) is 6.32. The number of ether oxygens (including phenoxy) is 2. The molecule has 1 N–H and O–H groups in total. The average Bonchev–Trinajstić information content (AvgIpc) is 2.72. The van der Waals surface area contributed by atoms with Crippen molar-refractivity contribution in [2.45, 2.75) is 13.3 Å². The molecule has 0 saturated heterocycles. The van der Waals surface area contributed by atoms with Gasteiger partial charge in [0.05, 0.1) is 30.2 Å². The van der Waals surface area contributed by atoms with Gasteiger partial charge in [-0.2, -0.15) is 0 Å². The third-order valence-corrected chi connectivity index (χ3v) is 4.99. The van der Waals surface area contributed by atoms with E-state index in [4.69, 9.17) is 32.7 Å². The maximum atomic E-state index is 14.7. The molecule has 0 aliphatic heterocycles. The Morgan fingerprint density at radius 2 is 1.90 bits per heavy atom. The Hall–Kier alpha value is -2.83. The standard InChI is InChI=1S/C22H19Cl2FN2O3/c1-3-30-20-9-15(12-26-22(20)29-2)13-4-5-14(19(25)8-13)10-21(28)27-16-6-7-17(23)18(24)11-16/h4-9,11-12H,3,10H2,1-2H3,(H,27,28). The minimum atomic E-state index is -0.495. The first kappa shape index (κ1) is 21.9. The van der Waals surface area contributed by atoms with Gasteiger partial charge in [0.25, 0.3) is 5.88 Å². The minimum absolute atomic E-state index is 0.128. The summed E-state index contributed by atoms with van der Waals surface area (Å²) in [6.07, 6.45) is 1.45. The van der Waals surface area contributed by atoms with Gasteiger partial charge in [-0.05, 0) is 48.4 Å². The summed E-state index contributed by atoms with van der Waals surface area (Å²) in [7, 11) is 1.50. The molecule has 2 aromatic carbocycles. The van der Waals surface area contributed by atoms with Crippen molar-refractivity contribution in [3.63, 3.8) is 0 Å². The number of pyridine rings is 1. The lowest BCUT2D eigenvalue weighted by Crippen LogP contribution is -2.15. The van der Waals surface area contributed by atoms with E-state index in [1.165, 1.54) is 19.2 Å². The number of aromatic nitrogens is 1. The van der Waals surface area contributed by atoms with Crippen LogP contribution in [-0.2, 0) is 11.2 Å². The summed E-state index contributed by atoms with van der Waals surface area (Å²) in [6.45, 7) is 2.30. The molecule has 3 rings (SSSR count). The Morgan fingerprint density at radius 3 is 2.57 bits per heavy atom. The minimum Gasteiger partial charge on any atom is -0.488 e. The fourth-order valence-corrected chi connectivity index (χ4v) is 3.12. The molecule has 5 nitrogen and oxygen atoms in total. The van der Waals surface area contributed by atoms with Crippen LogP contribution in [0, 0.1) is 5.82 Å². The van der Waals surface area contributed by atoms with Crippen LogP contribution in [0.3, 0.4) is 0 Å². The Labute approximate surface area is 183 Å². The summed E-state index contributed by atoms with van der Waals surface area (Å²) in [5.74, 6) is -0.0324. The SMILES string of the molecule is CCOc1cc(-c2ccc(CC(=O)Nc3ccc(Cl)c(Cl)c3)c(F)c2)cnc1OC. The van der Waals surface area contributed by atoms with Gasteiger partial charge in [0.15, 0.2) is 5.75 Å². The van der Waals surface area contributed by atoms with Gasteiger partial charge in [-0.25, -0.2) is 9.37 Å². The third kappa shape index (κ3) is 5.20. The number of methoxy groups -OCH3 is 1. The maximum absolute atomic E-state index is 14.7. The van der Waals surface area contributed by atoms with Crippen molar-refractivity contribution in [2.75, 3.05) is 19.0 Å². The first-order valence-electron chi connectivity index (χ1n) is 9.11. The van der Waals surface area contributed by atoms with E-state index in [2.05, 4.69) is 10.3 Å². The zero-order chi connectivity index (χ0) is 21.7. The van der Waals surface area contributed by atoms with Crippen LogP contribution in [0.2, 0.25) is 10.0 Å². The molecule has 1 amide bonds. The van der Waals surface area contributed by atoms with E-state index in [1.807, 2.05) is 6.92 Å². The van der Waals surface area contributed by atoms with Gasteiger partial charge in [0.2, 0.25) is 5.91 Å². The summed E-state index contributed by atoms with van der Waals surface area (Å²) >= 11 is 11.8. The molecule has 3 aromatic rings. The van der Waals surface area contributed by atoms with E-state index in [0.29, 0.717) is 45.1 Å². The molecule has 1 aromatic heterocycles. The molecule has 30 heavy (non-hydrogen) atoms. The number of anilines is 1. The number of carbonyl (C=O) groups is 1. The quantitative estimate of drug-likeness (QED) is 0.497. The molecule has 8 heteroatoms. The molecule has 0 spiro atoms. The Morgan fingerprint density at radius 1 is 1.10 bits per heavy atom. The number of hydrogen-bond acceptors (Lipinski definition) is 4. The normalized spacial score (nSPS) is 10.6. The van der Waals surface area contributed by atoms with Crippen LogP contribution in [0.1, 0.15) is 12.5 Å². The van der Waals surface area contributed by atoms with Crippen LogP contribution in [0.15, 0.2) is 48.7 Å². The van der Waals surface area contributed by atoms with Gasteiger partial charge in [0, 0.05) is 17.4 Å². The molecule has 0 bridgehead atoms. The molecule has 156 valence electrons. The van der Waals surface area contributed by atoms with E-state index in [1.54, 1.807) is 36.5 Å². The van der Waals surface area contributed by atoms with Crippen LogP contribution in [0.25, 0.3) is 11.1 Å². The lowest BCUT2D eigenvalue weighted by Gasteiger charge is -2.11. The molecule has 0 atom stereocenters. The first-order chi connectivity index (χ1) is 14.4. The van der Waals surface area contributed by atoms with Crippen LogP contribution in [0.4, 0.5) is 10.1 Å². The number of amides is 1. The predicted octanol–water partition coefficient (Wildman–Crippen LogP) is 5.78. The molecule has 1 heterocycles. The summed E-state index contributed by atoms with van der Waals surface area (Å²) < 4.78 is 25.3. The van der Waals surface area contributed by atoms with Crippen molar-refractivity contribution in [2.24, 2.45) is 0 Å². The van der Waals surface area contributed by atoms with E-state index in [9.17, 15) is 9.18 Å². The Bertz CT molecular complexity index is 1080. The smallest absolute Gasteiger partial charge is 0.256 e. The van der Waals surface area contributed by atoms with Crippen molar-refractivity contribution < 1.29 is 18.7 Å². The lowest BCUT2D eigenvalue weighted by atomic mass is 10.0. The van der Waals surface area contributed by atoms with E-state index in [0.717, 1.165) is 0 Å². The van der Waals surface area contributed by atoms with Gasteiger partial charge >= 0.3 is 0 Å². The summed E-state index contributed by atoms with van der Waals surface area (Å²) in [4.78, 5) is 16.5. The zero-order valence-corrected chi connectivity index (χ0v) is 17.9. The van der Waals surface area contributed by atoms with Crippen molar-refractivity contribution in [3.05, 3.63) is 70.1 Å². The van der Waals surface area contributed by atoms with E-state index >= 15 is 0 Å². The van der Waals surface area contributed by atoms with Crippen LogP contribution < -0.4 is 14.8 Å². The Kier molecular flexibility index (Phi) is 7.13. The van der Waals surface area contributed by atoms with Crippen molar-refractivity contribution in [3.8, 4) is 22.8 Å².